The fourth-order valence-electron chi connectivity index (χ4n) is 2.75. The maximum absolute atomic E-state index is 12.4. The Balaban J connectivity index is 2.10. The highest BCUT2D eigenvalue weighted by atomic mass is 16.5. The van der Waals surface area contributed by atoms with E-state index in [1.54, 1.807) is 30.2 Å². The SMILES string of the molecule is COCCNC(=O)c1ccc2c(c1)N(C)[C@@H](CC(=O)N(C)C(C)C)CO2. The van der Waals surface area contributed by atoms with Crippen molar-refractivity contribution < 1.29 is 19.1 Å². The van der Waals surface area contributed by atoms with Crippen molar-refractivity contribution in [2.75, 3.05) is 45.9 Å². The lowest BCUT2D eigenvalue weighted by molar-refractivity contribution is -0.131. The third-order valence-corrected chi connectivity index (χ3v) is 4.75. The Bertz CT molecular complexity index is 648. The van der Waals surface area contributed by atoms with Gasteiger partial charge in [0.2, 0.25) is 5.91 Å². The van der Waals surface area contributed by atoms with Gasteiger partial charge in [0.1, 0.15) is 12.4 Å². The van der Waals surface area contributed by atoms with Gasteiger partial charge in [-0.2, -0.15) is 0 Å². The standard InChI is InChI=1S/C19H29N3O4/c1-13(2)21(3)18(23)11-15-12-26-17-7-6-14(10-16(17)22(15)4)19(24)20-8-9-25-5/h6-7,10,13,15H,8-9,11-12H2,1-5H3,(H,20,24)/t15-/m0/s1. The minimum atomic E-state index is -0.156. The first kappa shape index (κ1) is 20.0. The zero-order chi connectivity index (χ0) is 19.3. The number of carbonyl (C=O) groups is 2. The Kier molecular flexibility index (Phi) is 6.85. The van der Waals surface area contributed by atoms with Gasteiger partial charge < -0.3 is 24.6 Å². The quantitative estimate of drug-likeness (QED) is 0.744. The highest BCUT2D eigenvalue weighted by molar-refractivity contribution is 5.95. The van der Waals surface area contributed by atoms with E-state index in [1.165, 1.54) is 0 Å². The molecule has 26 heavy (non-hydrogen) atoms. The number of rotatable bonds is 7. The number of nitrogens with one attached hydrogen (secondary N) is 1. The summed E-state index contributed by atoms with van der Waals surface area (Å²) in [6, 6.07) is 5.44. The Hall–Kier alpha value is -2.28. The first-order valence-corrected chi connectivity index (χ1v) is 8.87. The molecule has 0 radical (unpaired) electrons. The van der Waals surface area contributed by atoms with Gasteiger partial charge in [-0.1, -0.05) is 0 Å². The Labute approximate surface area is 155 Å². The summed E-state index contributed by atoms with van der Waals surface area (Å²) >= 11 is 0. The van der Waals surface area contributed by atoms with Gasteiger partial charge in [-0.25, -0.2) is 0 Å². The van der Waals surface area contributed by atoms with Gasteiger partial charge in [0.05, 0.1) is 24.8 Å². The maximum atomic E-state index is 12.4. The van der Waals surface area contributed by atoms with E-state index in [2.05, 4.69) is 5.32 Å². The molecule has 0 aromatic heterocycles. The molecule has 0 unspecified atom stereocenters. The average Bonchev–Trinajstić information content (AvgIpc) is 2.63. The van der Waals surface area contributed by atoms with Crippen LogP contribution in [-0.2, 0) is 9.53 Å². The van der Waals surface area contributed by atoms with Gasteiger partial charge in [0, 0.05) is 39.4 Å². The monoisotopic (exact) mass is 363 g/mol. The van der Waals surface area contributed by atoms with Crippen LogP contribution in [0.3, 0.4) is 0 Å². The van der Waals surface area contributed by atoms with Crippen LogP contribution in [0.5, 0.6) is 5.75 Å². The summed E-state index contributed by atoms with van der Waals surface area (Å²) in [6.07, 6.45) is 0.370. The number of ether oxygens (including phenoxy) is 2. The summed E-state index contributed by atoms with van der Waals surface area (Å²) < 4.78 is 10.8. The fraction of sp³-hybridized carbons (Fsp3) is 0.579. The van der Waals surface area contributed by atoms with Crippen LogP contribution in [0.4, 0.5) is 5.69 Å². The number of nitrogens with zero attached hydrogens (tertiary/aromatic N) is 2. The van der Waals surface area contributed by atoms with E-state index < -0.39 is 0 Å². The van der Waals surface area contributed by atoms with E-state index in [0.717, 1.165) is 11.4 Å². The summed E-state index contributed by atoms with van der Waals surface area (Å²) in [4.78, 5) is 28.4. The van der Waals surface area contributed by atoms with Crippen molar-refractivity contribution >= 4 is 17.5 Å². The van der Waals surface area contributed by atoms with Crippen molar-refractivity contribution in [3.8, 4) is 5.75 Å². The lowest BCUT2D eigenvalue weighted by Crippen LogP contribution is -2.45. The number of carbonyl (C=O) groups excluding carboxylic acids is 2. The number of methoxy groups -OCH3 is 1. The van der Waals surface area contributed by atoms with E-state index in [9.17, 15) is 9.59 Å². The van der Waals surface area contributed by atoms with E-state index in [-0.39, 0.29) is 23.9 Å². The summed E-state index contributed by atoms with van der Waals surface area (Å²) in [5.74, 6) is 0.648. The third-order valence-electron chi connectivity index (χ3n) is 4.75. The molecule has 1 atom stereocenters. The molecule has 0 saturated carbocycles. The minimum Gasteiger partial charge on any atom is -0.489 e. The van der Waals surface area contributed by atoms with Crippen LogP contribution in [0, 0.1) is 0 Å². The molecule has 1 heterocycles. The molecule has 7 nitrogen and oxygen atoms in total. The van der Waals surface area contributed by atoms with Gasteiger partial charge in [-0.15, -0.1) is 0 Å². The molecule has 2 amide bonds. The topological polar surface area (TPSA) is 71.1 Å². The number of fused-ring (bicyclic) bond motifs is 1. The molecule has 1 aliphatic heterocycles. The van der Waals surface area contributed by atoms with Crippen LogP contribution < -0.4 is 15.0 Å². The lowest BCUT2D eigenvalue weighted by atomic mass is 10.1. The van der Waals surface area contributed by atoms with E-state index in [0.29, 0.717) is 31.7 Å². The molecular formula is C19H29N3O4. The number of hydrogen-bond acceptors (Lipinski definition) is 5. The van der Waals surface area contributed by atoms with E-state index >= 15 is 0 Å². The molecule has 0 spiro atoms. The van der Waals surface area contributed by atoms with Gasteiger partial charge in [-0.3, -0.25) is 9.59 Å². The van der Waals surface area contributed by atoms with Crippen LogP contribution in [0.15, 0.2) is 18.2 Å². The Morgan fingerprint density at radius 1 is 1.42 bits per heavy atom. The van der Waals surface area contributed by atoms with Crippen molar-refractivity contribution in [1.29, 1.82) is 0 Å². The molecule has 1 aromatic rings. The highest BCUT2D eigenvalue weighted by Gasteiger charge is 2.29. The molecule has 2 rings (SSSR count). The molecule has 0 saturated heterocycles. The highest BCUT2D eigenvalue weighted by Crippen LogP contribution is 2.34. The number of benzene rings is 1. The summed E-state index contributed by atoms with van der Waals surface area (Å²) in [5, 5.41) is 2.81. The van der Waals surface area contributed by atoms with E-state index in [1.807, 2.05) is 32.8 Å². The predicted octanol–water partition coefficient (Wildman–Crippen LogP) is 1.52. The van der Waals surface area contributed by atoms with Crippen molar-refractivity contribution in [3.63, 3.8) is 0 Å². The predicted molar refractivity (Wildman–Crippen MR) is 101 cm³/mol. The number of anilines is 1. The van der Waals surface area contributed by atoms with Crippen molar-refractivity contribution in [3.05, 3.63) is 23.8 Å². The smallest absolute Gasteiger partial charge is 0.251 e. The first-order valence-electron chi connectivity index (χ1n) is 8.87. The van der Waals surface area contributed by atoms with E-state index in [4.69, 9.17) is 9.47 Å². The van der Waals surface area contributed by atoms with Crippen molar-refractivity contribution in [2.45, 2.75) is 32.4 Å². The van der Waals surface area contributed by atoms with Gasteiger partial charge in [0.25, 0.3) is 5.91 Å². The van der Waals surface area contributed by atoms with Crippen LogP contribution in [0.25, 0.3) is 0 Å². The van der Waals surface area contributed by atoms with Gasteiger partial charge in [0.15, 0.2) is 0 Å². The molecule has 144 valence electrons. The second-order valence-electron chi connectivity index (χ2n) is 6.81. The molecule has 0 aliphatic carbocycles. The zero-order valence-electron chi connectivity index (χ0n) is 16.2. The summed E-state index contributed by atoms with van der Waals surface area (Å²) in [7, 11) is 5.34. The number of hydrogen-bond donors (Lipinski definition) is 1. The summed E-state index contributed by atoms with van der Waals surface area (Å²) in [5.41, 5.74) is 1.38. The maximum Gasteiger partial charge on any atom is 0.251 e. The minimum absolute atomic E-state index is 0.0667. The van der Waals surface area contributed by atoms with Crippen LogP contribution in [-0.4, -0.2) is 69.8 Å². The van der Waals surface area contributed by atoms with Gasteiger partial charge in [-0.05, 0) is 32.0 Å². The van der Waals surface area contributed by atoms with Crippen molar-refractivity contribution in [1.82, 2.24) is 10.2 Å². The molecule has 0 bridgehead atoms. The largest absolute Gasteiger partial charge is 0.489 e. The van der Waals surface area contributed by atoms with Crippen molar-refractivity contribution in [2.24, 2.45) is 0 Å². The lowest BCUT2D eigenvalue weighted by Gasteiger charge is -2.36. The van der Waals surface area contributed by atoms with Crippen LogP contribution >= 0.6 is 0 Å². The normalized spacial score (nSPS) is 16.1. The van der Waals surface area contributed by atoms with Gasteiger partial charge >= 0.3 is 0 Å². The average molecular weight is 363 g/mol. The zero-order valence-corrected chi connectivity index (χ0v) is 16.2. The first-order chi connectivity index (χ1) is 12.3. The Morgan fingerprint density at radius 3 is 2.81 bits per heavy atom. The molecule has 1 N–H and O–H groups in total. The molecule has 7 heteroatoms. The molecule has 1 aromatic carbocycles. The summed E-state index contributed by atoms with van der Waals surface area (Å²) in [6.45, 7) is 5.34. The third kappa shape index (κ3) is 4.66. The molecule has 0 fully saturated rings. The molecule has 1 aliphatic rings. The number of amides is 2. The Morgan fingerprint density at radius 2 is 2.15 bits per heavy atom. The van der Waals surface area contributed by atoms with Crippen LogP contribution in [0.1, 0.15) is 30.6 Å². The second kappa shape index (κ2) is 8.89. The molecular weight excluding hydrogens is 334 g/mol. The second-order valence-corrected chi connectivity index (χ2v) is 6.81. The fourth-order valence-corrected chi connectivity index (χ4v) is 2.75. The number of likely N-dealkylation sites (N-methyl/N-ethyl adjacent to an activating group) is 1. The van der Waals surface area contributed by atoms with Crippen LogP contribution in [0.2, 0.25) is 0 Å².